The van der Waals surface area contributed by atoms with Crippen molar-refractivity contribution in [3.63, 3.8) is 0 Å². The van der Waals surface area contributed by atoms with Gasteiger partial charge in [-0.25, -0.2) is 4.79 Å². The summed E-state index contributed by atoms with van der Waals surface area (Å²) < 4.78 is 0. The number of rotatable bonds is 3. The Morgan fingerprint density at radius 3 is 2.75 bits per heavy atom. The van der Waals surface area contributed by atoms with E-state index in [4.69, 9.17) is 5.11 Å². The van der Waals surface area contributed by atoms with E-state index in [0.29, 0.717) is 5.56 Å². The van der Waals surface area contributed by atoms with E-state index in [0.717, 1.165) is 11.0 Å². The van der Waals surface area contributed by atoms with Gasteiger partial charge in [0.05, 0.1) is 11.8 Å². The van der Waals surface area contributed by atoms with Crippen LogP contribution in [0.25, 0.3) is 11.0 Å². The maximum atomic E-state index is 11.1. The SMILES string of the molecule is O=C(O)c1ccccc1/C=N/n1nnc2ccccc21. The Labute approximate surface area is 114 Å². The highest BCUT2D eigenvalue weighted by Gasteiger charge is 2.07. The molecule has 6 heteroatoms. The molecule has 1 N–H and O–H groups in total. The Morgan fingerprint density at radius 1 is 1.15 bits per heavy atom. The number of carboxylic acid groups (broad SMARTS) is 1. The Bertz CT molecular complexity index is 808. The second-order valence-electron chi connectivity index (χ2n) is 4.10. The average Bonchev–Trinajstić information content (AvgIpc) is 2.88. The molecule has 0 bridgehead atoms. The van der Waals surface area contributed by atoms with E-state index in [9.17, 15) is 4.79 Å². The third-order valence-electron chi connectivity index (χ3n) is 2.83. The molecule has 0 aliphatic heterocycles. The molecule has 1 heterocycles. The summed E-state index contributed by atoms with van der Waals surface area (Å²) in [5, 5.41) is 21.1. The molecule has 0 saturated heterocycles. The fourth-order valence-electron chi connectivity index (χ4n) is 1.86. The van der Waals surface area contributed by atoms with Gasteiger partial charge in [0.2, 0.25) is 0 Å². The normalized spacial score (nSPS) is 11.2. The zero-order chi connectivity index (χ0) is 13.9. The van der Waals surface area contributed by atoms with E-state index < -0.39 is 5.97 Å². The summed E-state index contributed by atoms with van der Waals surface area (Å²) in [6, 6.07) is 14.1. The lowest BCUT2D eigenvalue weighted by atomic mass is 10.1. The quantitative estimate of drug-likeness (QED) is 0.735. The molecule has 0 saturated carbocycles. The van der Waals surface area contributed by atoms with Crippen molar-refractivity contribution in [3.8, 4) is 0 Å². The largest absolute Gasteiger partial charge is 0.478 e. The molecule has 0 aliphatic rings. The van der Waals surface area contributed by atoms with Gasteiger partial charge in [-0.15, -0.1) is 9.89 Å². The number of fused-ring (bicyclic) bond motifs is 1. The topological polar surface area (TPSA) is 80.4 Å². The van der Waals surface area contributed by atoms with Gasteiger partial charge >= 0.3 is 5.97 Å². The van der Waals surface area contributed by atoms with Crippen molar-refractivity contribution in [3.05, 3.63) is 59.7 Å². The maximum absolute atomic E-state index is 11.1. The van der Waals surface area contributed by atoms with E-state index in [1.807, 2.05) is 24.3 Å². The molecule has 3 rings (SSSR count). The molecule has 0 unspecified atom stereocenters. The first kappa shape index (κ1) is 12.0. The van der Waals surface area contributed by atoms with Crippen LogP contribution in [0, 0.1) is 0 Å². The summed E-state index contributed by atoms with van der Waals surface area (Å²) in [6.45, 7) is 0. The van der Waals surface area contributed by atoms with Crippen molar-refractivity contribution in [1.82, 2.24) is 15.1 Å². The smallest absolute Gasteiger partial charge is 0.336 e. The number of carboxylic acids is 1. The van der Waals surface area contributed by atoms with Gasteiger partial charge in [-0.05, 0) is 23.4 Å². The Hall–Kier alpha value is -3.02. The number of aromatic carboxylic acids is 1. The Balaban J connectivity index is 2.01. The number of aromatic nitrogens is 3. The van der Waals surface area contributed by atoms with Crippen LogP contribution in [0.1, 0.15) is 15.9 Å². The summed E-state index contributed by atoms with van der Waals surface area (Å²) in [6.07, 6.45) is 1.46. The molecule has 0 spiro atoms. The standard InChI is InChI=1S/C14H10N4O2/c19-14(20)11-6-2-1-5-10(11)9-15-18-13-8-4-3-7-12(13)16-17-18/h1-9H,(H,19,20)/b15-9+. The minimum Gasteiger partial charge on any atom is -0.478 e. The van der Waals surface area contributed by atoms with Gasteiger partial charge < -0.3 is 5.11 Å². The molecule has 20 heavy (non-hydrogen) atoms. The number of hydrogen-bond acceptors (Lipinski definition) is 4. The van der Waals surface area contributed by atoms with Gasteiger partial charge in [0.15, 0.2) is 0 Å². The molecule has 2 aromatic carbocycles. The molecular weight excluding hydrogens is 256 g/mol. The van der Waals surface area contributed by atoms with E-state index in [1.54, 1.807) is 18.2 Å². The van der Waals surface area contributed by atoms with Crippen LogP contribution in [0.3, 0.4) is 0 Å². The highest BCUT2D eigenvalue weighted by Crippen LogP contribution is 2.10. The summed E-state index contributed by atoms with van der Waals surface area (Å²) in [4.78, 5) is 12.5. The van der Waals surface area contributed by atoms with Crippen LogP contribution in [-0.4, -0.2) is 32.4 Å². The summed E-state index contributed by atoms with van der Waals surface area (Å²) in [7, 11) is 0. The second kappa shape index (κ2) is 4.93. The van der Waals surface area contributed by atoms with Gasteiger partial charge in [0.25, 0.3) is 0 Å². The second-order valence-corrected chi connectivity index (χ2v) is 4.10. The molecule has 0 atom stereocenters. The van der Waals surface area contributed by atoms with Crippen molar-refractivity contribution < 1.29 is 9.90 Å². The number of para-hydroxylation sites is 1. The van der Waals surface area contributed by atoms with E-state index >= 15 is 0 Å². The Kier molecular flexibility index (Phi) is 2.96. The molecule has 0 radical (unpaired) electrons. The molecular formula is C14H10N4O2. The minimum atomic E-state index is -0.990. The number of benzene rings is 2. The van der Waals surface area contributed by atoms with E-state index in [2.05, 4.69) is 15.4 Å². The summed E-state index contributed by atoms with van der Waals surface area (Å²) in [5.41, 5.74) is 2.20. The number of hydrogen-bond donors (Lipinski definition) is 1. The van der Waals surface area contributed by atoms with Gasteiger partial charge in [0.1, 0.15) is 11.0 Å². The lowest BCUT2D eigenvalue weighted by Crippen LogP contribution is -2.02. The summed E-state index contributed by atoms with van der Waals surface area (Å²) in [5.74, 6) is -0.990. The molecule has 3 aromatic rings. The fraction of sp³-hybridized carbons (Fsp3) is 0. The van der Waals surface area contributed by atoms with Crippen LogP contribution in [0.15, 0.2) is 53.6 Å². The van der Waals surface area contributed by atoms with Crippen molar-refractivity contribution in [2.24, 2.45) is 5.10 Å². The van der Waals surface area contributed by atoms with Crippen LogP contribution in [0.5, 0.6) is 0 Å². The average molecular weight is 266 g/mol. The number of nitrogens with zero attached hydrogens (tertiary/aromatic N) is 4. The highest BCUT2D eigenvalue weighted by atomic mass is 16.4. The molecule has 6 nitrogen and oxygen atoms in total. The van der Waals surface area contributed by atoms with Crippen LogP contribution >= 0.6 is 0 Å². The molecule has 98 valence electrons. The van der Waals surface area contributed by atoms with Crippen molar-refractivity contribution in [1.29, 1.82) is 0 Å². The van der Waals surface area contributed by atoms with Gasteiger partial charge in [0, 0.05) is 5.56 Å². The van der Waals surface area contributed by atoms with E-state index in [1.165, 1.54) is 17.1 Å². The molecule has 0 amide bonds. The van der Waals surface area contributed by atoms with Crippen molar-refractivity contribution in [2.45, 2.75) is 0 Å². The third kappa shape index (κ3) is 2.14. The first-order valence-corrected chi connectivity index (χ1v) is 5.93. The summed E-state index contributed by atoms with van der Waals surface area (Å²) >= 11 is 0. The molecule has 1 aromatic heterocycles. The van der Waals surface area contributed by atoms with Gasteiger partial charge in [-0.2, -0.15) is 5.10 Å². The first-order valence-electron chi connectivity index (χ1n) is 5.93. The van der Waals surface area contributed by atoms with Crippen molar-refractivity contribution >= 4 is 23.2 Å². The minimum absolute atomic E-state index is 0.195. The predicted octanol–water partition coefficient (Wildman–Crippen LogP) is 2.01. The Morgan fingerprint density at radius 2 is 1.90 bits per heavy atom. The molecule has 0 aliphatic carbocycles. The zero-order valence-corrected chi connectivity index (χ0v) is 10.3. The highest BCUT2D eigenvalue weighted by molar-refractivity contribution is 5.98. The van der Waals surface area contributed by atoms with Crippen LogP contribution < -0.4 is 0 Å². The lowest BCUT2D eigenvalue weighted by molar-refractivity contribution is 0.0697. The van der Waals surface area contributed by atoms with E-state index in [-0.39, 0.29) is 5.56 Å². The number of carbonyl (C=O) groups is 1. The van der Waals surface area contributed by atoms with Crippen molar-refractivity contribution in [2.75, 3.05) is 0 Å². The van der Waals surface area contributed by atoms with Crippen LogP contribution in [0.2, 0.25) is 0 Å². The maximum Gasteiger partial charge on any atom is 0.336 e. The monoisotopic (exact) mass is 266 g/mol. The predicted molar refractivity (Wildman–Crippen MR) is 73.9 cm³/mol. The zero-order valence-electron chi connectivity index (χ0n) is 10.3. The van der Waals surface area contributed by atoms with Gasteiger partial charge in [-0.3, -0.25) is 0 Å². The van der Waals surface area contributed by atoms with Crippen LogP contribution in [-0.2, 0) is 0 Å². The first-order chi connectivity index (χ1) is 9.75. The van der Waals surface area contributed by atoms with Crippen LogP contribution in [0.4, 0.5) is 0 Å². The third-order valence-corrected chi connectivity index (χ3v) is 2.83. The fourth-order valence-corrected chi connectivity index (χ4v) is 1.86. The lowest BCUT2D eigenvalue weighted by Gasteiger charge is -1.99. The molecule has 0 fully saturated rings. The van der Waals surface area contributed by atoms with Gasteiger partial charge in [-0.1, -0.05) is 30.3 Å².